The highest BCUT2D eigenvalue weighted by atomic mass is 16.3. The van der Waals surface area contributed by atoms with Crippen molar-refractivity contribution in [3.05, 3.63) is 35.4 Å². The van der Waals surface area contributed by atoms with Crippen molar-refractivity contribution in [3.63, 3.8) is 0 Å². The molecule has 0 aliphatic carbocycles. The SMILES string of the molecule is Cc1ccc(CNC(=O)C2CCN(C(=O)CC(O)C(C)C)CC2)cc1. The van der Waals surface area contributed by atoms with Crippen LogP contribution < -0.4 is 5.32 Å². The number of benzene rings is 1. The molecule has 2 amide bonds. The number of carbonyl (C=O) groups excluding carboxylic acids is 2. The second-order valence-corrected chi connectivity index (χ2v) is 7.37. The molecule has 1 aromatic rings. The van der Waals surface area contributed by atoms with Crippen LogP contribution in [0.1, 0.15) is 44.2 Å². The number of rotatable bonds is 6. The van der Waals surface area contributed by atoms with Crippen LogP contribution in [0.3, 0.4) is 0 Å². The average molecular weight is 346 g/mol. The Morgan fingerprint density at radius 3 is 2.36 bits per heavy atom. The Balaban J connectivity index is 1.74. The molecule has 0 saturated carbocycles. The summed E-state index contributed by atoms with van der Waals surface area (Å²) in [5.41, 5.74) is 2.30. The molecule has 0 spiro atoms. The van der Waals surface area contributed by atoms with Gasteiger partial charge in [0.15, 0.2) is 0 Å². The first-order valence-corrected chi connectivity index (χ1v) is 9.16. The standard InChI is InChI=1S/C20H30N2O3/c1-14(2)18(23)12-19(24)22-10-8-17(9-11-22)20(25)21-13-16-6-4-15(3)5-7-16/h4-7,14,17-18,23H,8-13H2,1-3H3,(H,21,25). The predicted octanol–water partition coefficient (Wildman–Crippen LogP) is 2.26. The second kappa shape index (κ2) is 8.99. The summed E-state index contributed by atoms with van der Waals surface area (Å²) in [5, 5.41) is 12.8. The lowest BCUT2D eigenvalue weighted by Crippen LogP contribution is -2.44. The van der Waals surface area contributed by atoms with Crippen molar-refractivity contribution in [2.45, 2.75) is 52.7 Å². The van der Waals surface area contributed by atoms with E-state index >= 15 is 0 Å². The number of piperidine rings is 1. The molecule has 1 aliphatic heterocycles. The van der Waals surface area contributed by atoms with Gasteiger partial charge in [-0.2, -0.15) is 0 Å². The Kier molecular flexibility index (Phi) is 7.00. The summed E-state index contributed by atoms with van der Waals surface area (Å²) in [6.07, 6.45) is 0.942. The van der Waals surface area contributed by atoms with Crippen LogP contribution in [-0.4, -0.2) is 41.0 Å². The monoisotopic (exact) mass is 346 g/mol. The molecule has 1 heterocycles. The Labute approximate surface area is 150 Å². The normalized spacial score (nSPS) is 16.8. The summed E-state index contributed by atoms with van der Waals surface area (Å²) in [6.45, 7) is 7.57. The third-order valence-electron chi connectivity index (χ3n) is 4.96. The molecule has 5 heteroatoms. The molecule has 1 unspecified atom stereocenters. The minimum absolute atomic E-state index is 0.0142. The Bertz CT molecular complexity index is 575. The van der Waals surface area contributed by atoms with E-state index in [1.54, 1.807) is 4.90 Å². The lowest BCUT2D eigenvalue weighted by atomic mass is 9.95. The van der Waals surface area contributed by atoms with E-state index in [0.29, 0.717) is 32.5 Å². The topological polar surface area (TPSA) is 69.6 Å². The fraction of sp³-hybridized carbons (Fsp3) is 0.600. The van der Waals surface area contributed by atoms with Crippen molar-refractivity contribution in [1.82, 2.24) is 10.2 Å². The molecular weight excluding hydrogens is 316 g/mol. The highest BCUT2D eigenvalue weighted by Gasteiger charge is 2.28. The van der Waals surface area contributed by atoms with Crippen LogP contribution in [0.4, 0.5) is 0 Å². The number of amides is 2. The first-order valence-electron chi connectivity index (χ1n) is 9.16. The average Bonchev–Trinajstić information content (AvgIpc) is 2.61. The molecule has 25 heavy (non-hydrogen) atoms. The number of nitrogens with zero attached hydrogens (tertiary/aromatic N) is 1. The maximum Gasteiger partial charge on any atom is 0.225 e. The number of aliphatic hydroxyl groups excluding tert-OH is 1. The smallest absolute Gasteiger partial charge is 0.225 e. The van der Waals surface area contributed by atoms with Crippen molar-refractivity contribution in [1.29, 1.82) is 0 Å². The Morgan fingerprint density at radius 1 is 1.20 bits per heavy atom. The third kappa shape index (κ3) is 5.85. The molecule has 5 nitrogen and oxygen atoms in total. The molecule has 1 saturated heterocycles. The van der Waals surface area contributed by atoms with Crippen LogP contribution in [0, 0.1) is 18.8 Å². The zero-order valence-corrected chi connectivity index (χ0v) is 15.5. The highest BCUT2D eigenvalue weighted by molar-refractivity contribution is 5.80. The van der Waals surface area contributed by atoms with Crippen LogP contribution in [0.2, 0.25) is 0 Å². The van der Waals surface area contributed by atoms with E-state index in [1.807, 2.05) is 45.0 Å². The summed E-state index contributed by atoms with van der Waals surface area (Å²) in [6, 6.07) is 8.13. The zero-order valence-electron chi connectivity index (χ0n) is 15.5. The molecule has 0 bridgehead atoms. The fourth-order valence-electron chi connectivity index (χ4n) is 2.97. The van der Waals surface area contributed by atoms with Crippen LogP contribution in [-0.2, 0) is 16.1 Å². The van der Waals surface area contributed by atoms with Crippen LogP contribution in [0.15, 0.2) is 24.3 Å². The van der Waals surface area contributed by atoms with Crippen LogP contribution in [0.25, 0.3) is 0 Å². The van der Waals surface area contributed by atoms with Gasteiger partial charge in [-0.25, -0.2) is 0 Å². The summed E-state index contributed by atoms with van der Waals surface area (Å²) in [4.78, 5) is 26.3. The van der Waals surface area contributed by atoms with E-state index in [9.17, 15) is 14.7 Å². The lowest BCUT2D eigenvalue weighted by Gasteiger charge is -2.32. The van der Waals surface area contributed by atoms with Crippen molar-refractivity contribution < 1.29 is 14.7 Å². The molecule has 1 atom stereocenters. The second-order valence-electron chi connectivity index (χ2n) is 7.37. The van der Waals surface area contributed by atoms with Gasteiger partial charge >= 0.3 is 0 Å². The number of carbonyl (C=O) groups is 2. The summed E-state index contributed by atoms with van der Waals surface area (Å²) >= 11 is 0. The maximum atomic E-state index is 12.3. The van der Waals surface area contributed by atoms with Crippen LogP contribution in [0.5, 0.6) is 0 Å². The van der Waals surface area contributed by atoms with Gasteiger partial charge in [-0.05, 0) is 31.2 Å². The van der Waals surface area contributed by atoms with Crippen molar-refractivity contribution >= 4 is 11.8 Å². The van der Waals surface area contributed by atoms with Crippen LogP contribution >= 0.6 is 0 Å². The number of nitrogens with one attached hydrogen (secondary N) is 1. The van der Waals surface area contributed by atoms with Crippen molar-refractivity contribution in [3.8, 4) is 0 Å². The van der Waals surface area contributed by atoms with Gasteiger partial charge in [-0.3, -0.25) is 9.59 Å². The van der Waals surface area contributed by atoms with Gasteiger partial charge in [0.1, 0.15) is 0 Å². The van der Waals surface area contributed by atoms with Gasteiger partial charge in [0, 0.05) is 25.6 Å². The van der Waals surface area contributed by atoms with E-state index in [0.717, 1.165) is 5.56 Å². The first-order chi connectivity index (χ1) is 11.9. The van der Waals surface area contributed by atoms with Gasteiger partial charge in [0.2, 0.25) is 11.8 Å². The fourth-order valence-corrected chi connectivity index (χ4v) is 2.97. The van der Waals surface area contributed by atoms with E-state index in [1.165, 1.54) is 5.56 Å². The summed E-state index contributed by atoms with van der Waals surface area (Å²) < 4.78 is 0. The lowest BCUT2D eigenvalue weighted by molar-refractivity contribution is -0.137. The minimum Gasteiger partial charge on any atom is -0.392 e. The largest absolute Gasteiger partial charge is 0.392 e. The molecule has 0 radical (unpaired) electrons. The minimum atomic E-state index is -0.594. The molecule has 1 aromatic carbocycles. The van der Waals surface area contributed by atoms with Gasteiger partial charge in [-0.15, -0.1) is 0 Å². The van der Waals surface area contributed by atoms with E-state index in [2.05, 4.69) is 5.32 Å². The molecule has 2 rings (SSSR count). The Morgan fingerprint density at radius 2 is 1.80 bits per heavy atom. The number of aliphatic hydroxyl groups is 1. The van der Waals surface area contributed by atoms with Gasteiger partial charge in [0.25, 0.3) is 0 Å². The van der Waals surface area contributed by atoms with E-state index in [-0.39, 0.29) is 30.1 Å². The molecule has 1 aliphatic rings. The molecular formula is C20H30N2O3. The van der Waals surface area contributed by atoms with Crippen molar-refractivity contribution in [2.24, 2.45) is 11.8 Å². The van der Waals surface area contributed by atoms with Gasteiger partial charge in [0.05, 0.1) is 12.5 Å². The number of aryl methyl sites for hydroxylation is 1. The number of likely N-dealkylation sites (tertiary alicyclic amines) is 1. The predicted molar refractivity (Wildman–Crippen MR) is 97.8 cm³/mol. The van der Waals surface area contributed by atoms with Gasteiger partial charge in [-0.1, -0.05) is 43.7 Å². The maximum absolute atomic E-state index is 12.3. The Hall–Kier alpha value is -1.88. The molecule has 138 valence electrons. The molecule has 1 fully saturated rings. The first kappa shape index (κ1) is 19.4. The molecule has 0 aromatic heterocycles. The number of hydrogen-bond donors (Lipinski definition) is 2. The highest BCUT2D eigenvalue weighted by Crippen LogP contribution is 2.19. The zero-order chi connectivity index (χ0) is 18.4. The van der Waals surface area contributed by atoms with E-state index in [4.69, 9.17) is 0 Å². The van der Waals surface area contributed by atoms with E-state index < -0.39 is 6.10 Å². The molecule has 2 N–H and O–H groups in total. The third-order valence-corrected chi connectivity index (χ3v) is 4.96. The number of hydrogen-bond acceptors (Lipinski definition) is 3. The summed E-state index contributed by atoms with van der Waals surface area (Å²) in [7, 11) is 0. The summed E-state index contributed by atoms with van der Waals surface area (Å²) in [5.74, 6) is 0.0909. The quantitative estimate of drug-likeness (QED) is 0.830. The van der Waals surface area contributed by atoms with Gasteiger partial charge < -0.3 is 15.3 Å². The van der Waals surface area contributed by atoms with Crippen molar-refractivity contribution in [2.75, 3.05) is 13.1 Å².